The molecule has 100 valence electrons. The molecule has 7 heteroatoms. The number of rotatable bonds is 4. The molecule has 1 aromatic carbocycles. The van der Waals surface area contributed by atoms with Gasteiger partial charge < -0.3 is 11.1 Å². The fourth-order valence-corrected chi connectivity index (χ4v) is 3.87. The Bertz CT molecular complexity index is 598. The monoisotopic (exact) mass is 422 g/mol. The van der Waals surface area contributed by atoms with Gasteiger partial charge in [-0.1, -0.05) is 17.7 Å². The summed E-state index contributed by atoms with van der Waals surface area (Å²) in [5, 5.41) is 3.68. The third kappa shape index (κ3) is 3.72. The van der Waals surface area contributed by atoms with Crippen molar-refractivity contribution in [3.8, 4) is 0 Å². The average Bonchev–Trinajstić information content (AvgIpc) is 2.66. The average molecular weight is 425 g/mol. The Morgan fingerprint density at radius 1 is 1.37 bits per heavy atom. The summed E-state index contributed by atoms with van der Waals surface area (Å²) in [7, 11) is 0. The summed E-state index contributed by atoms with van der Waals surface area (Å²) in [4.78, 5) is 12.4. The molecule has 0 aliphatic heterocycles. The fraction of sp³-hybridized carbons (Fsp3) is 0.0833. The third-order valence-electron chi connectivity index (χ3n) is 2.37. The Hall–Kier alpha value is -0.560. The number of hydrogen-bond acceptors (Lipinski definition) is 3. The van der Waals surface area contributed by atoms with Crippen LogP contribution in [0.1, 0.15) is 10.9 Å². The first-order valence-electron chi connectivity index (χ1n) is 5.23. The Labute approximate surface area is 136 Å². The standard InChI is InChI=1S/C12H9Br2ClN2OS/c13-8-5-9(19-11(8)14)10(12(16)18)17-7-3-1-2-6(15)4-7/h1-5,10,17H,(H2,16,18). The molecule has 1 unspecified atom stereocenters. The van der Waals surface area contributed by atoms with E-state index < -0.39 is 11.9 Å². The molecule has 3 nitrogen and oxygen atoms in total. The predicted octanol–water partition coefficient (Wildman–Crippen LogP) is 4.57. The van der Waals surface area contributed by atoms with Gasteiger partial charge in [0.2, 0.25) is 5.91 Å². The molecule has 0 radical (unpaired) electrons. The number of carbonyl (C=O) groups is 1. The lowest BCUT2D eigenvalue weighted by atomic mass is 10.2. The van der Waals surface area contributed by atoms with Crippen molar-refractivity contribution in [2.24, 2.45) is 5.73 Å². The highest BCUT2D eigenvalue weighted by Gasteiger charge is 2.21. The van der Waals surface area contributed by atoms with Gasteiger partial charge in [-0.15, -0.1) is 11.3 Å². The van der Waals surface area contributed by atoms with Crippen molar-refractivity contribution in [1.82, 2.24) is 0 Å². The summed E-state index contributed by atoms with van der Waals surface area (Å²) in [6.07, 6.45) is 0. The Morgan fingerprint density at radius 3 is 2.63 bits per heavy atom. The number of thiophene rings is 1. The highest BCUT2D eigenvalue weighted by molar-refractivity contribution is 9.13. The van der Waals surface area contributed by atoms with E-state index in [1.54, 1.807) is 12.1 Å². The summed E-state index contributed by atoms with van der Waals surface area (Å²) in [5.41, 5.74) is 6.20. The summed E-state index contributed by atoms with van der Waals surface area (Å²) in [6.45, 7) is 0. The van der Waals surface area contributed by atoms with Gasteiger partial charge in [0.15, 0.2) is 0 Å². The van der Waals surface area contributed by atoms with Gasteiger partial charge in [-0.05, 0) is 56.1 Å². The summed E-state index contributed by atoms with van der Waals surface area (Å²) in [5.74, 6) is -0.443. The van der Waals surface area contributed by atoms with Gasteiger partial charge >= 0.3 is 0 Å². The first kappa shape index (κ1) is 14.8. The smallest absolute Gasteiger partial charge is 0.245 e. The molecule has 3 N–H and O–H groups in total. The van der Waals surface area contributed by atoms with Crippen LogP contribution in [0.15, 0.2) is 38.6 Å². The number of hydrogen-bond donors (Lipinski definition) is 2. The van der Waals surface area contributed by atoms with Gasteiger partial charge in [0.25, 0.3) is 0 Å². The lowest BCUT2D eigenvalue weighted by molar-refractivity contribution is -0.118. The molecule has 1 amide bonds. The van der Waals surface area contributed by atoms with E-state index in [1.807, 2.05) is 18.2 Å². The maximum absolute atomic E-state index is 11.6. The van der Waals surface area contributed by atoms with E-state index in [0.717, 1.165) is 18.8 Å². The second-order valence-corrected chi connectivity index (χ2v) is 7.45. The van der Waals surface area contributed by atoms with E-state index in [-0.39, 0.29) is 0 Å². The van der Waals surface area contributed by atoms with Gasteiger partial charge in [-0.3, -0.25) is 4.79 Å². The highest BCUT2D eigenvalue weighted by atomic mass is 79.9. The molecule has 19 heavy (non-hydrogen) atoms. The number of amides is 1. The fourth-order valence-electron chi connectivity index (χ4n) is 1.53. The van der Waals surface area contributed by atoms with Gasteiger partial charge in [0.1, 0.15) is 6.04 Å². The van der Waals surface area contributed by atoms with Crippen molar-refractivity contribution in [2.45, 2.75) is 6.04 Å². The molecule has 0 fully saturated rings. The van der Waals surface area contributed by atoms with Crippen LogP contribution in [0.4, 0.5) is 5.69 Å². The summed E-state index contributed by atoms with van der Waals surface area (Å²) < 4.78 is 1.81. The van der Waals surface area contributed by atoms with Crippen molar-refractivity contribution in [2.75, 3.05) is 5.32 Å². The number of carbonyl (C=O) groups excluding carboxylic acids is 1. The molecular formula is C12H9Br2ClN2OS. The molecule has 0 saturated carbocycles. The Kier molecular flexibility index (Phi) is 4.89. The molecule has 0 aliphatic carbocycles. The van der Waals surface area contributed by atoms with E-state index in [2.05, 4.69) is 37.2 Å². The first-order chi connectivity index (χ1) is 8.97. The van der Waals surface area contributed by atoms with E-state index in [9.17, 15) is 4.79 Å². The van der Waals surface area contributed by atoms with Crippen LogP contribution in [0.25, 0.3) is 0 Å². The summed E-state index contributed by atoms with van der Waals surface area (Å²) in [6, 6.07) is 8.43. The molecule has 2 rings (SSSR count). The molecule has 1 atom stereocenters. The van der Waals surface area contributed by atoms with E-state index >= 15 is 0 Å². The number of anilines is 1. The minimum absolute atomic E-state index is 0.443. The van der Waals surface area contributed by atoms with Crippen molar-refractivity contribution >= 4 is 66.4 Å². The lowest BCUT2D eigenvalue weighted by Gasteiger charge is -2.15. The van der Waals surface area contributed by atoms with Crippen molar-refractivity contribution in [3.05, 3.63) is 48.5 Å². The van der Waals surface area contributed by atoms with Crippen LogP contribution < -0.4 is 11.1 Å². The zero-order valence-electron chi connectivity index (χ0n) is 9.49. The van der Waals surface area contributed by atoms with Gasteiger partial charge in [0, 0.05) is 20.1 Å². The van der Waals surface area contributed by atoms with Gasteiger partial charge in [-0.25, -0.2) is 0 Å². The van der Waals surface area contributed by atoms with E-state index in [0.29, 0.717) is 5.02 Å². The summed E-state index contributed by atoms with van der Waals surface area (Å²) >= 11 is 14.2. The number of halogens is 3. The minimum Gasteiger partial charge on any atom is -0.369 e. The molecule has 1 aromatic heterocycles. The van der Waals surface area contributed by atoms with E-state index in [4.69, 9.17) is 17.3 Å². The SMILES string of the molecule is NC(=O)C(Nc1cccc(Cl)c1)c1cc(Br)c(Br)s1. The zero-order chi connectivity index (χ0) is 14.0. The molecule has 2 aromatic rings. The zero-order valence-corrected chi connectivity index (χ0v) is 14.2. The maximum atomic E-state index is 11.6. The molecular weight excluding hydrogens is 415 g/mol. The predicted molar refractivity (Wildman–Crippen MR) is 86.7 cm³/mol. The van der Waals surface area contributed by atoms with Crippen LogP contribution in [-0.2, 0) is 4.79 Å². The number of nitrogens with two attached hydrogens (primary N) is 1. The van der Waals surface area contributed by atoms with Gasteiger partial charge in [-0.2, -0.15) is 0 Å². The molecule has 0 spiro atoms. The minimum atomic E-state index is -0.592. The lowest BCUT2D eigenvalue weighted by Crippen LogP contribution is -2.26. The third-order valence-corrected chi connectivity index (χ3v) is 5.93. The molecule has 0 saturated heterocycles. The number of benzene rings is 1. The first-order valence-corrected chi connectivity index (χ1v) is 8.01. The van der Waals surface area contributed by atoms with Crippen LogP contribution in [-0.4, -0.2) is 5.91 Å². The molecule has 0 bridgehead atoms. The number of nitrogens with one attached hydrogen (secondary N) is 1. The Balaban J connectivity index is 2.29. The van der Waals surface area contributed by atoms with Crippen LogP contribution in [0.5, 0.6) is 0 Å². The number of primary amides is 1. The quantitative estimate of drug-likeness (QED) is 0.756. The van der Waals surface area contributed by atoms with Crippen LogP contribution >= 0.6 is 54.8 Å². The second kappa shape index (κ2) is 6.26. The highest BCUT2D eigenvalue weighted by Crippen LogP contribution is 2.36. The molecule has 1 heterocycles. The van der Waals surface area contributed by atoms with Crippen molar-refractivity contribution in [1.29, 1.82) is 0 Å². The van der Waals surface area contributed by atoms with E-state index in [1.165, 1.54) is 11.3 Å². The van der Waals surface area contributed by atoms with Gasteiger partial charge in [0.05, 0.1) is 3.79 Å². The maximum Gasteiger partial charge on any atom is 0.245 e. The normalized spacial score (nSPS) is 12.2. The van der Waals surface area contributed by atoms with Crippen molar-refractivity contribution in [3.63, 3.8) is 0 Å². The topological polar surface area (TPSA) is 55.1 Å². The van der Waals surface area contributed by atoms with Crippen LogP contribution in [0, 0.1) is 0 Å². The van der Waals surface area contributed by atoms with Crippen molar-refractivity contribution < 1.29 is 4.79 Å². The second-order valence-electron chi connectivity index (χ2n) is 3.76. The molecule has 0 aliphatic rings. The Morgan fingerprint density at radius 2 is 2.11 bits per heavy atom. The van der Waals surface area contributed by atoms with Crippen LogP contribution in [0.3, 0.4) is 0 Å². The largest absolute Gasteiger partial charge is 0.369 e. The van der Waals surface area contributed by atoms with Crippen LogP contribution in [0.2, 0.25) is 5.02 Å².